The van der Waals surface area contributed by atoms with E-state index >= 15 is 0 Å². The topological polar surface area (TPSA) is 64.1 Å². The van der Waals surface area contributed by atoms with Crippen LogP contribution in [0.5, 0.6) is 0 Å². The van der Waals surface area contributed by atoms with Crippen molar-refractivity contribution >= 4 is 29.2 Å². The van der Waals surface area contributed by atoms with Gasteiger partial charge in [0.1, 0.15) is 0 Å². The minimum absolute atomic E-state index is 0.0135. The number of rotatable bonds is 5. The van der Waals surface area contributed by atoms with Gasteiger partial charge in [0, 0.05) is 52.7 Å². The Kier molecular flexibility index (Phi) is 7.30. The molecule has 0 spiro atoms. The number of hydrogen-bond acceptors (Lipinski definition) is 4. The number of likely N-dealkylation sites (N-methyl/N-ethyl adjacent to an activating group) is 1. The summed E-state index contributed by atoms with van der Waals surface area (Å²) in [5.41, 5.74) is 2.13. The number of carbonyl (C=O) groups is 1. The van der Waals surface area contributed by atoms with Crippen LogP contribution in [0.3, 0.4) is 0 Å². The van der Waals surface area contributed by atoms with E-state index in [9.17, 15) is 4.79 Å². The van der Waals surface area contributed by atoms with Crippen molar-refractivity contribution in [3.63, 3.8) is 0 Å². The molecule has 2 aromatic rings. The summed E-state index contributed by atoms with van der Waals surface area (Å²) in [4.78, 5) is 26.9. The predicted molar refractivity (Wildman–Crippen MR) is 117 cm³/mol. The van der Waals surface area contributed by atoms with E-state index in [0.29, 0.717) is 11.6 Å². The Labute approximate surface area is 177 Å². The number of carbonyl (C=O) groups excluding carboxylic acids is 1. The molecule has 3 rings (SSSR count). The Hall–Kier alpha value is -2.80. The molecule has 1 amide bonds. The lowest BCUT2D eigenvalue weighted by Gasteiger charge is -2.38. The Balaban J connectivity index is 1.67. The minimum Gasteiger partial charge on any atom is -0.367 e. The molecule has 0 radical (unpaired) electrons. The van der Waals surface area contributed by atoms with Crippen LogP contribution in [0.1, 0.15) is 5.56 Å². The van der Waals surface area contributed by atoms with Crippen molar-refractivity contribution in [3.05, 3.63) is 59.4 Å². The second-order valence-electron chi connectivity index (χ2n) is 7.07. The molecule has 1 aliphatic rings. The number of hydrogen-bond donors (Lipinski definition) is 1. The fraction of sp³-hybridized carbons (Fsp3) is 0.381. The number of piperazine rings is 1. The molecule has 0 saturated carbocycles. The number of nitrogens with zero attached hydrogens (tertiary/aromatic N) is 5. The van der Waals surface area contributed by atoms with E-state index in [1.165, 1.54) is 0 Å². The number of anilines is 1. The molecule has 29 heavy (non-hydrogen) atoms. The van der Waals surface area contributed by atoms with E-state index < -0.39 is 0 Å². The summed E-state index contributed by atoms with van der Waals surface area (Å²) in [5.74, 6) is 0.768. The lowest BCUT2D eigenvalue weighted by atomic mass is 10.2. The number of guanidine groups is 1. The van der Waals surface area contributed by atoms with Gasteiger partial charge >= 0.3 is 0 Å². The normalized spacial score (nSPS) is 14.7. The van der Waals surface area contributed by atoms with Crippen molar-refractivity contribution in [1.29, 1.82) is 0 Å². The zero-order valence-corrected chi connectivity index (χ0v) is 17.6. The van der Waals surface area contributed by atoms with E-state index in [0.717, 1.165) is 43.4 Å². The average molecular weight is 415 g/mol. The third-order valence-corrected chi connectivity index (χ3v) is 5.11. The number of halogens is 1. The van der Waals surface area contributed by atoms with E-state index in [1.54, 1.807) is 31.4 Å². The van der Waals surface area contributed by atoms with Crippen LogP contribution >= 0.6 is 11.6 Å². The quantitative estimate of drug-likeness (QED) is 0.599. The highest BCUT2D eigenvalue weighted by molar-refractivity contribution is 6.33. The van der Waals surface area contributed by atoms with Gasteiger partial charge in [-0.1, -0.05) is 41.9 Å². The van der Waals surface area contributed by atoms with Crippen LogP contribution < -0.4 is 10.2 Å². The van der Waals surface area contributed by atoms with Crippen LogP contribution in [-0.4, -0.2) is 73.5 Å². The molecule has 0 atom stereocenters. The highest BCUT2D eigenvalue weighted by atomic mass is 35.5. The number of pyridine rings is 1. The predicted octanol–water partition coefficient (Wildman–Crippen LogP) is 2.09. The van der Waals surface area contributed by atoms with Crippen molar-refractivity contribution in [2.45, 2.75) is 6.54 Å². The smallest absolute Gasteiger partial charge is 0.241 e. The van der Waals surface area contributed by atoms with Crippen LogP contribution in [-0.2, 0) is 11.3 Å². The van der Waals surface area contributed by atoms with Gasteiger partial charge in [0.05, 0.1) is 23.8 Å². The molecule has 1 fully saturated rings. The fourth-order valence-corrected chi connectivity index (χ4v) is 3.35. The van der Waals surface area contributed by atoms with Crippen LogP contribution in [0, 0.1) is 0 Å². The van der Waals surface area contributed by atoms with E-state index in [1.807, 2.05) is 24.3 Å². The molecule has 0 aliphatic carbocycles. The number of amides is 1. The zero-order chi connectivity index (χ0) is 20.6. The molecule has 8 heteroatoms. The van der Waals surface area contributed by atoms with E-state index in [-0.39, 0.29) is 12.5 Å². The van der Waals surface area contributed by atoms with Crippen LogP contribution in [0.15, 0.2) is 53.8 Å². The maximum atomic E-state index is 12.0. The molecular formula is C21H27ClN6O. The molecular weight excluding hydrogens is 388 g/mol. The van der Waals surface area contributed by atoms with Gasteiger partial charge in [-0.25, -0.2) is 4.99 Å². The largest absolute Gasteiger partial charge is 0.367 e. The third-order valence-electron chi connectivity index (χ3n) is 4.82. The molecule has 1 N–H and O–H groups in total. The highest BCUT2D eigenvalue weighted by Crippen LogP contribution is 2.25. The third kappa shape index (κ3) is 5.84. The zero-order valence-electron chi connectivity index (χ0n) is 16.9. The van der Waals surface area contributed by atoms with Gasteiger partial charge in [-0.3, -0.25) is 9.78 Å². The number of aromatic nitrogens is 1. The first kappa shape index (κ1) is 20.9. The summed E-state index contributed by atoms with van der Waals surface area (Å²) in [6, 6.07) is 12.0. The first-order valence-electron chi connectivity index (χ1n) is 9.66. The Morgan fingerprint density at radius 3 is 2.55 bits per heavy atom. The monoisotopic (exact) mass is 414 g/mol. The Bertz CT molecular complexity index is 834. The SMILES string of the molecule is CN(C)C(=O)CNC(=NCc1ccccc1)N1CCN(c2ccncc2Cl)CC1. The summed E-state index contributed by atoms with van der Waals surface area (Å²) in [6.45, 7) is 3.99. The lowest BCUT2D eigenvalue weighted by Crippen LogP contribution is -2.53. The van der Waals surface area contributed by atoms with Crippen molar-refractivity contribution in [2.24, 2.45) is 4.99 Å². The van der Waals surface area contributed by atoms with Crippen molar-refractivity contribution in [1.82, 2.24) is 20.1 Å². The molecule has 0 unspecified atom stereocenters. The van der Waals surface area contributed by atoms with Gasteiger partial charge in [0.25, 0.3) is 0 Å². The van der Waals surface area contributed by atoms with Gasteiger partial charge in [-0.2, -0.15) is 0 Å². The second-order valence-corrected chi connectivity index (χ2v) is 7.48. The Morgan fingerprint density at radius 2 is 1.90 bits per heavy atom. The van der Waals surface area contributed by atoms with Crippen LogP contribution in [0.2, 0.25) is 5.02 Å². The van der Waals surface area contributed by atoms with Gasteiger partial charge < -0.3 is 20.0 Å². The number of aliphatic imine (C=N–C) groups is 1. The molecule has 1 aromatic carbocycles. The molecule has 2 heterocycles. The summed E-state index contributed by atoms with van der Waals surface area (Å²) in [7, 11) is 3.50. The number of benzene rings is 1. The lowest BCUT2D eigenvalue weighted by molar-refractivity contribution is -0.127. The van der Waals surface area contributed by atoms with Gasteiger partial charge in [-0.15, -0.1) is 0 Å². The molecule has 154 valence electrons. The average Bonchev–Trinajstić information content (AvgIpc) is 2.75. The summed E-state index contributed by atoms with van der Waals surface area (Å²) in [5, 5.41) is 3.90. The standard InChI is InChI=1S/C21H27ClN6O/c1-26(2)20(29)16-25-21(24-14-17-6-4-3-5-7-17)28-12-10-27(11-13-28)19-8-9-23-15-18(19)22/h3-9,15H,10-14,16H2,1-2H3,(H,24,25). The highest BCUT2D eigenvalue weighted by Gasteiger charge is 2.22. The van der Waals surface area contributed by atoms with Crippen molar-refractivity contribution < 1.29 is 4.79 Å². The molecule has 1 aromatic heterocycles. The summed E-state index contributed by atoms with van der Waals surface area (Å²) < 4.78 is 0. The van der Waals surface area contributed by atoms with Gasteiger partial charge in [0.2, 0.25) is 5.91 Å². The van der Waals surface area contributed by atoms with Crippen molar-refractivity contribution in [3.8, 4) is 0 Å². The van der Waals surface area contributed by atoms with Crippen LogP contribution in [0.4, 0.5) is 5.69 Å². The summed E-state index contributed by atoms with van der Waals surface area (Å²) >= 11 is 6.29. The van der Waals surface area contributed by atoms with E-state index in [2.05, 4.69) is 32.2 Å². The maximum absolute atomic E-state index is 12.0. The van der Waals surface area contributed by atoms with Gasteiger partial charge in [-0.05, 0) is 11.6 Å². The number of nitrogens with one attached hydrogen (secondary N) is 1. The first-order chi connectivity index (χ1) is 14.0. The van der Waals surface area contributed by atoms with E-state index in [4.69, 9.17) is 16.6 Å². The van der Waals surface area contributed by atoms with Crippen molar-refractivity contribution in [2.75, 3.05) is 51.7 Å². The maximum Gasteiger partial charge on any atom is 0.241 e. The van der Waals surface area contributed by atoms with Gasteiger partial charge in [0.15, 0.2) is 5.96 Å². The summed E-state index contributed by atoms with van der Waals surface area (Å²) in [6.07, 6.45) is 3.43. The van der Waals surface area contributed by atoms with Crippen LogP contribution in [0.25, 0.3) is 0 Å². The Morgan fingerprint density at radius 1 is 1.17 bits per heavy atom. The molecule has 1 aliphatic heterocycles. The first-order valence-corrected chi connectivity index (χ1v) is 10.0. The molecule has 0 bridgehead atoms. The minimum atomic E-state index is 0.0135. The molecule has 1 saturated heterocycles. The molecule has 7 nitrogen and oxygen atoms in total. The fourth-order valence-electron chi connectivity index (χ4n) is 3.11. The second kappa shape index (κ2) is 10.1.